The van der Waals surface area contributed by atoms with Crippen molar-refractivity contribution in [2.75, 3.05) is 16.2 Å². The minimum Gasteiger partial charge on any atom is -0.312 e. The summed E-state index contributed by atoms with van der Waals surface area (Å²) in [4.78, 5) is 12.7. The summed E-state index contributed by atoms with van der Waals surface area (Å²) >= 11 is 0. The zero-order valence-corrected chi connectivity index (χ0v) is 14.2. The second-order valence-corrected chi connectivity index (χ2v) is 7.48. The number of halogens is 2. The Morgan fingerprint density at radius 3 is 2.52 bits per heavy atom. The van der Waals surface area contributed by atoms with Crippen LogP contribution < -0.4 is 9.62 Å². The second kappa shape index (κ2) is 6.44. The minimum absolute atomic E-state index is 0.0262. The molecule has 0 saturated carbocycles. The molecule has 0 bridgehead atoms. The third-order valence-corrected chi connectivity index (χ3v) is 5.39. The zero-order valence-electron chi connectivity index (χ0n) is 13.4. The molecule has 1 N–H and O–H groups in total. The fraction of sp³-hybridized carbons (Fsp3) is 0.235. The fourth-order valence-corrected chi connectivity index (χ4v) is 3.96. The van der Waals surface area contributed by atoms with E-state index in [-0.39, 0.29) is 11.6 Å². The third kappa shape index (κ3) is 3.48. The van der Waals surface area contributed by atoms with Crippen LogP contribution in [0.4, 0.5) is 20.2 Å². The average Bonchev–Trinajstić information content (AvgIpc) is 2.95. The Labute approximate surface area is 144 Å². The molecule has 0 spiro atoms. The van der Waals surface area contributed by atoms with Crippen LogP contribution in [0.5, 0.6) is 0 Å². The highest BCUT2D eigenvalue weighted by molar-refractivity contribution is 7.92. The van der Waals surface area contributed by atoms with Crippen molar-refractivity contribution in [3.05, 3.63) is 53.6 Å². The Hall–Kier alpha value is -2.48. The lowest BCUT2D eigenvalue weighted by Crippen LogP contribution is -2.24. The summed E-state index contributed by atoms with van der Waals surface area (Å²) in [5.74, 6) is -1.86. The normalized spacial score (nSPS) is 14.8. The van der Waals surface area contributed by atoms with E-state index < -0.39 is 26.6 Å². The zero-order chi connectivity index (χ0) is 18.2. The van der Waals surface area contributed by atoms with Crippen LogP contribution in [-0.2, 0) is 14.8 Å². The average molecular weight is 366 g/mol. The van der Waals surface area contributed by atoms with Crippen LogP contribution in [0.3, 0.4) is 0 Å². The molecule has 0 aliphatic carbocycles. The Morgan fingerprint density at radius 2 is 1.88 bits per heavy atom. The summed E-state index contributed by atoms with van der Waals surface area (Å²) in [6.45, 7) is 2.38. The lowest BCUT2D eigenvalue weighted by molar-refractivity contribution is -0.117. The highest BCUT2D eigenvalue weighted by atomic mass is 32.2. The molecule has 1 aliphatic rings. The van der Waals surface area contributed by atoms with Crippen LogP contribution in [0.15, 0.2) is 41.3 Å². The van der Waals surface area contributed by atoms with E-state index in [1.165, 1.54) is 6.07 Å². The molecule has 132 valence electrons. The summed E-state index contributed by atoms with van der Waals surface area (Å²) < 4.78 is 53.8. The molecule has 25 heavy (non-hydrogen) atoms. The maximum absolute atomic E-state index is 13.7. The molecule has 0 aromatic heterocycles. The van der Waals surface area contributed by atoms with Crippen LogP contribution in [-0.4, -0.2) is 20.9 Å². The maximum Gasteiger partial charge on any atom is 0.264 e. The van der Waals surface area contributed by atoms with Gasteiger partial charge in [-0.05, 0) is 55.3 Å². The number of hydrogen-bond donors (Lipinski definition) is 1. The molecule has 0 radical (unpaired) electrons. The van der Waals surface area contributed by atoms with E-state index in [2.05, 4.69) is 4.72 Å². The summed E-state index contributed by atoms with van der Waals surface area (Å²) in [5, 5.41) is 0. The largest absolute Gasteiger partial charge is 0.312 e. The molecule has 5 nitrogen and oxygen atoms in total. The van der Waals surface area contributed by atoms with E-state index in [9.17, 15) is 22.0 Å². The summed E-state index contributed by atoms with van der Waals surface area (Å²) in [5.41, 5.74) is 1.62. The van der Waals surface area contributed by atoms with Crippen LogP contribution in [0, 0.1) is 18.6 Å². The van der Waals surface area contributed by atoms with Gasteiger partial charge >= 0.3 is 0 Å². The first kappa shape index (κ1) is 17.3. The van der Waals surface area contributed by atoms with Crippen LogP contribution in [0.25, 0.3) is 0 Å². The van der Waals surface area contributed by atoms with Gasteiger partial charge in [-0.1, -0.05) is 0 Å². The van der Waals surface area contributed by atoms with E-state index in [0.717, 1.165) is 18.6 Å². The molecule has 0 atom stereocenters. The predicted molar refractivity (Wildman–Crippen MR) is 89.9 cm³/mol. The fourth-order valence-electron chi connectivity index (χ4n) is 2.82. The van der Waals surface area contributed by atoms with Crippen LogP contribution >= 0.6 is 0 Å². The molecule has 1 amide bonds. The summed E-state index contributed by atoms with van der Waals surface area (Å²) in [6, 6.07) is 6.91. The number of nitrogens with zero attached hydrogens (tertiary/aromatic N) is 1. The smallest absolute Gasteiger partial charge is 0.264 e. The van der Waals surface area contributed by atoms with E-state index in [1.54, 1.807) is 24.0 Å². The van der Waals surface area contributed by atoms with Gasteiger partial charge in [0.1, 0.15) is 16.5 Å². The number of nitrogens with one attached hydrogen (secondary N) is 1. The summed E-state index contributed by atoms with van der Waals surface area (Å²) in [7, 11) is -4.27. The highest BCUT2D eigenvalue weighted by Crippen LogP contribution is 2.28. The third-order valence-electron chi connectivity index (χ3n) is 4.00. The molecule has 3 rings (SSSR count). The Kier molecular flexibility index (Phi) is 4.47. The Bertz CT molecular complexity index is 945. The molecule has 0 unspecified atom stereocenters. The molecular weight excluding hydrogens is 350 g/mol. The van der Waals surface area contributed by atoms with Crippen molar-refractivity contribution in [3.8, 4) is 0 Å². The number of amides is 1. The van der Waals surface area contributed by atoms with E-state index in [1.807, 2.05) is 0 Å². The van der Waals surface area contributed by atoms with Gasteiger partial charge in [0.25, 0.3) is 10.0 Å². The van der Waals surface area contributed by atoms with Crippen molar-refractivity contribution < 1.29 is 22.0 Å². The van der Waals surface area contributed by atoms with Gasteiger partial charge in [0, 0.05) is 24.3 Å². The minimum atomic E-state index is -4.27. The number of sulfonamides is 1. The standard InChI is InChI=1S/C17H16F2N2O3S/c1-11-9-13(5-7-15(11)21-8-2-3-17(21)22)20-25(23,24)16-10-12(18)4-6-14(16)19/h4-7,9-10,20H,2-3,8H2,1H3. The molecule has 1 saturated heterocycles. The van der Waals surface area contributed by atoms with E-state index >= 15 is 0 Å². The Morgan fingerprint density at radius 1 is 1.12 bits per heavy atom. The number of anilines is 2. The number of benzene rings is 2. The molecule has 1 heterocycles. The number of aryl methyl sites for hydroxylation is 1. The molecule has 1 aliphatic heterocycles. The predicted octanol–water partition coefficient (Wildman–Crippen LogP) is 3.20. The summed E-state index contributed by atoms with van der Waals surface area (Å²) in [6.07, 6.45) is 1.28. The number of hydrogen-bond acceptors (Lipinski definition) is 3. The Balaban J connectivity index is 1.89. The quantitative estimate of drug-likeness (QED) is 0.904. The number of carbonyl (C=O) groups is 1. The number of carbonyl (C=O) groups excluding carboxylic acids is 1. The lowest BCUT2D eigenvalue weighted by Gasteiger charge is -2.19. The molecule has 1 fully saturated rings. The van der Waals surface area contributed by atoms with Crippen molar-refractivity contribution in [3.63, 3.8) is 0 Å². The van der Waals surface area contributed by atoms with Crippen molar-refractivity contribution in [2.45, 2.75) is 24.7 Å². The van der Waals surface area contributed by atoms with Crippen molar-refractivity contribution in [1.82, 2.24) is 0 Å². The first-order valence-corrected chi connectivity index (χ1v) is 9.15. The van der Waals surface area contributed by atoms with Gasteiger partial charge in [-0.2, -0.15) is 0 Å². The highest BCUT2D eigenvalue weighted by Gasteiger charge is 2.24. The first-order valence-electron chi connectivity index (χ1n) is 7.67. The van der Waals surface area contributed by atoms with Crippen molar-refractivity contribution >= 4 is 27.3 Å². The van der Waals surface area contributed by atoms with Crippen molar-refractivity contribution in [1.29, 1.82) is 0 Å². The van der Waals surface area contributed by atoms with Gasteiger partial charge < -0.3 is 4.90 Å². The van der Waals surface area contributed by atoms with Gasteiger partial charge in [0.05, 0.1) is 0 Å². The lowest BCUT2D eigenvalue weighted by atomic mass is 10.1. The van der Waals surface area contributed by atoms with Gasteiger partial charge in [-0.25, -0.2) is 17.2 Å². The van der Waals surface area contributed by atoms with E-state index in [4.69, 9.17) is 0 Å². The van der Waals surface area contributed by atoms with Gasteiger partial charge in [-0.3, -0.25) is 9.52 Å². The molecular formula is C17H16F2N2O3S. The first-order chi connectivity index (χ1) is 11.8. The molecule has 8 heteroatoms. The van der Waals surface area contributed by atoms with Crippen LogP contribution in [0.1, 0.15) is 18.4 Å². The number of rotatable bonds is 4. The second-order valence-electron chi connectivity index (χ2n) is 5.83. The van der Waals surface area contributed by atoms with Gasteiger partial charge in [-0.15, -0.1) is 0 Å². The van der Waals surface area contributed by atoms with Crippen molar-refractivity contribution in [2.24, 2.45) is 0 Å². The van der Waals surface area contributed by atoms with Gasteiger partial charge in [0.15, 0.2) is 0 Å². The maximum atomic E-state index is 13.7. The monoisotopic (exact) mass is 366 g/mol. The topological polar surface area (TPSA) is 66.5 Å². The molecule has 2 aromatic carbocycles. The van der Waals surface area contributed by atoms with Crippen LogP contribution in [0.2, 0.25) is 0 Å². The molecule has 2 aromatic rings. The van der Waals surface area contributed by atoms with E-state index in [0.29, 0.717) is 30.3 Å². The van der Waals surface area contributed by atoms with Gasteiger partial charge in [0.2, 0.25) is 5.91 Å². The SMILES string of the molecule is Cc1cc(NS(=O)(=O)c2cc(F)ccc2F)ccc1N1CCCC1=O.